The van der Waals surface area contributed by atoms with Crippen LogP contribution in [-0.4, -0.2) is 27.3 Å². The van der Waals surface area contributed by atoms with Gasteiger partial charge >= 0.3 is 0 Å². The highest BCUT2D eigenvalue weighted by molar-refractivity contribution is 5.79. The van der Waals surface area contributed by atoms with Gasteiger partial charge in [-0.1, -0.05) is 6.07 Å². The van der Waals surface area contributed by atoms with Crippen molar-refractivity contribution in [3.63, 3.8) is 0 Å². The molecule has 3 rings (SSSR count). The minimum atomic E-state index is 0.110. The lowest BCUT2D eigenvalue weighted by atomic mass is 10.1. The van der Waals surface area contributed by atoms with E-state index in [4.69, 9.17) is 5.73 Å². The number of hydrogen-bond acceptors (Lipinski definition) is 4. The van der Waals surface area contributed by atoms with Gasteiger partial charge < -0.3 is 10.6 Å². The molecule has 2 aromatic heterocycles. The molecular weight excluding hydrogens is 264 g/mol. The van der Waals surface area contributed by atoms with E-state index in [2.05, 4.69) is 9.97 Å². The number of carbonyl (C=O) groups is 1. The van der Waals surface area contributed by atoms with Gasteiger partial charge in [-0.2, -0.15) is 0 Å². The molecule has 1 saturated heterocycles. The molecule has 0 spiro atoms. The summed E-state index contributed by atoms with van der Waals surface area (Å²) in [7, 11) is 0. The molecule has 0 bridgehead atoms. The molecule has 2 aromatic rings. The van der Waals surface area contributed by atoms with Crippen LogP contribution in [0.4, 0.5) is 5.69 Å². The van der Waals surface area contributed by atoms with E-state index in [1.807, 2.05) is 29.3 Å². The van der Waals surface area contributed by atoms with Crippen molar-refractivity contribution in [3.8, 4) is 0 Å². The van der Waals surface area contributed by atoms with Crippen molar-refractivity contribution in [2.24, 2.45) is 0 Å². The second-order valence-corrected chi connectivity index (χ2v) is 5.29. The molecule has 0 aliphatic carbocycles. The minimum absolute atomic E-state index is 0.110. The number of aromatic nitrogens is 2. The molecule has 5 heteroatoms. The van der Waals surface area contributed by atoms with Gasteiger partial charge in [0.15, 0.2) is 0 Å². The predicted octanol–water partition coefficient (Wildman–Crippen LogP) is 1.97. The van der Waals surface area contributed by atoms with E-state index in [1.54, 1.807) is 18.5 Å². The van der Waals surface area contributed by atoms with Gasteiger partial charge in [0, 0.05) is 24.6 Å². The Morgan fingerprint density at radius 2 is 2.24 bits per heavy atom. The Labute approximate surface area is 123 Å². The minimum Gasteiger partial charge on any atom is -0.397 e. The lowest BCUT2D eigenvalue weighted by molar-refractivity contribution is -0.131. The molecule has 0 saturated carbocycles. The van der Waals surface area contributed by atoms with E-state index in [9.17, 15) is 4.79 Å². The average Bonchev–Trinajstić information content (AvgIpc) is 3.00. The van der Waals surface area contributed by atoms with Crippen molar-refractivity contribution in [1.82, 2.24) is 14.9 Å². The molecule has 1 amide bonds. The second-order valence-electron chi connectivity index (χ2n) is 5.29. The smallest absolute Gasteiger partial charge is 0.229 e. The molecular formula is C16H18N4O. The van der Waals surface area contributed by atoms with E-state index < -0.39 is 0 Å². The highest BCUT2D eigenvalue weighted by Crippen LogP contribution is 2.31. The highest BCUT2D eigenvalue weighted by atomic mass is 16.2. The Bertz CT molecular complexity index is 612. The first-order valence-electron chi connectivity index (χ1n) is 7.14. The third kappa shape index (κ3) is 3.02. The van der Waals surface area contributed by atoms with E-state index in [0.717, 1.165) is 30.6 Å². The summed E-state index contributed by atoms with van der Waals surface area (Å²) < 4.78 is 0. The first-order valence-corrected chi connectivity index (χ1v) is 7.14. The SMILES string of the molecule is Nc1ccc(CC(=O)N2CCCC2c2cccnc2)nc1. The maximum Gasteiger partial charge on any atom is 0.229 e. The Balaban J connectivity index is 1.73. The zero-order valence-corrected chi connectivity index (χ0v) is 11.8. The van der Waals surface area contributed by atoms with Crippen molar-refractivity contribution < 1.29 is 4.79 Å². The fourth-order valence-electron chi connectivity index (χ4n) is 2.78. The van der Waals surface area contributed by atoms with Crippen LogP contribution in [0.3, 0.4) is 0 Å². The third-order valence-corrected chi connectivity index (χ3v) is 3.82. The molecule has 2 N–H and O–H groups in total. The number of carbonyl (C=O) groups excluding carboxylic acids is 1. The van der Waals surface area contributed by atoms with Crippen LogP contribution in [0.15, 0.2) is 42.9 Å². The Hall–Kier alpha value is -2.43. The highest BCUT2D eigenvalue weighted by Gasteiger charge is 2.29. The summed E-state index contributed by atoms with van der Waals surface area (Å²) in [4.78, 5) is 22.8. The Morgan fingerprint density at radius 3 is 2.95 bits per heavy atom. The van der Waals surface area contributed by atoms with Crippen molar-refractivity contribution in [3.05, 3.63) is 54.1 Å². The molecule has 1 aliphatic heterocycles. The van der Waals surface area contributed by atoms with Gasteiger partial charge in [0.2, 0.25) is 5.91 Å². The molecule has 1 aliphatic rings. The first kappa shape index (κ1) is 13.5. The number of amides is 1. The van der Waals surface area contributed by atoms with Crippen LogP contribution < -0.4 is 5.73 Å². The normalized spacial score (nSPS) is 17.9. The van der Waals surface area contributed by atoms with E-state index in [0.29, 0.717) is 12.1 Å². The van der Waals surface area contributed by atoms with Crippen LogP contribution in [0.25, 0.3) is 0 Å². The van der Waals surface area contributed by atoms with E-state index >= 15 is 0 Å². The summed E-state index contributed by atoms with van der Waals surface area (Å²) in [6, 6.07) is 7.67. The maximum absolute atomic E-state index is 12.5. The van der Waals surface area contributed by atoms with Gasteiger partial charge in [0.25, 0.3) is 0 Å². The van der Waals surface area contributed by atoms with Gasteiger partial charge in [-0.3, -0.25) is 14.8 Å². The third-order valence-electron chi connectivity index (χ3n) is 3.82. The summed E-state index contributed by atoms with van der Waals surface area (Å²) in [6.07, 6.45) is 7.52. The number of hydrogen-bond donors (Lipinski definition) is 1. The number of nitrogens with zero attached hydrogens (tertiary/aromatic N) is 3. The summed E-state index contributed by atoms with van der Waals surface area (Å²) in [5.74, 6) is 0.110. The molecule has 1 unspecified atom stereocenters. The van der Waals surface area contributed by atoms with E-state index in [1.165, 1.54) is 0 Å². The molecule has 108 valence electrons. The van der Waals surface area contributed by atoms with Crippen LogP contribution in [0, 0.1) is 0 Å². The van der Waals surface area contributed by atoms with Crippen molar-refractivity contribution >= 4 is 11.6 Å². The van der Waals surface area contributed by atoms with Gasteiger partial charge in [0.1, 0.15) is 0 Å². The second kappa shape index (κ2) is 5.91. The van der Waals surface area contributed by atoms with Crippen molar-refractivity contribution in [2.45, 2.75) is 25.3 Å². The molecule has 21 heavy (non-hydrogen) atoms. The number of rotatable bonds is 3. The number of anilines is 1. The Morgan fingerprint density at radius 1 is 1.33 bits per heavy atom. The van der Waals surface area contributed by atoms with Crippen LogP contribution in [0.5, 0.6) is 0 Å². The monoisotopic (exact) mass is 282 g/mol. The van der Waals surface area contributed by atoms with Gasteiger partial charge in [0.05, 0.1) is 24.3 Å². The van der Waals surface area contributed by atoms with Gasteiger partial charge in [-0.05, 0) is 36.6 Å². The quantitative estimate of drug-likeness (QED) is 0.934. The van der Waals surface area contributed by atoms with Crippen LogP contribution in [0.1, 0.15) is 30.1 Å². The maximum atomic E-state index is 12.5. The standard InChI is InChI=1S/C16H18N4O/c17-13-5-6-14(19-11-13)9-16(21)20-8-2-4-15(20)12-3-1-7-18-10-12/h1,3,5-7,10-11,15H,2,4,8-9,17H2. The first-order chi connectivity index (χ1) is 10.2. The van der Waals surface area contributed by atoms with Gasteiger partial charge in [-0.25, -0.2) is 0 Å². The van der Waals surface area contributed by atoms with Gasteiger partial charge in [-0.15, -0.1) is 0 Å². The largest absolute Gasteiger partial charge is 0.397 e. The molecule has 0 aromatic carbocycles. The summed E-state index contributed by atoms with van der Waals surface area (Å²) in [6.45, 7) is 0.799. The zero-order chi connectivity index (χ0) is 14.7. The summed E-state index contributed by atoms with van der Waals surface area (Å²) >= 11 is 0. The van der Waals surface area contributed by atoms with E-state index in [-0.39, 0.29) is 11.9 Å². The molecule has 1 atom stereocenters. The molecule has 0 radical (unpaired) electrons. The predicted molar refractivity (Wildman–Crippen MR) is 80.3 cm³/mol. The number of nitrogen functional groups attached to an aromatic ring is 1. The zero-order valence-electron chi connectivity index (χ0n) is 11.8. The molecule has 3 heterocycles. The van der Waals surface area contributed by atoms with Crippen LogP contribution in [0.2, 0.25) is 0 Å². The lowest BCUT2D eigenvalue weighted by Gasteiger charge is -2.24. The van der Waals surface area contributed by atoms with Crippen molar-refractivity contribution in [2.75, 3.05) is 12.3 Å². The number of pyridine rings is 2. The fourth-order valence-corrected chi connectivity index (χ4v) is 2.78. The fraction of sp³-hybridized carbons (Fsp3) is 0.312. The molecule has 1 fully saturated rings. The lowest BCUT2D eigenvalue weighted by Crippen LogP contribution is -2.32. The Kier molecular flexibility index (Phi) is 3.81. The molecule has 5 nitrogen and oxygen atoms in total. The summed E-state index contributed by atoms with van der Waals surface area (Å²) in [5, 5.41) is 0. The number of nitrogens with two attached hydrogens (primary N) is 1. The van der Waals surface area contributed by atoms with Crippen molar-refractivity contribution in [1.29, 1.82) is 0 Å². The van der Waals surface area contributed by atoms with Crippen LogP contribution in [-0.2, 0) is 11.2 Å². The van der Waals surface area contributed by atoms with Crippen LogP contribution >= 0.6 is 0 Å². The topological polar surface area (TPSA) is 72.1 Å². The summed E-state index contributed by atoms with van der Waals surface area (Å²) in [5.41, 5.74) is 8.09. The number of likely N-dealkylation sites (tertiary alicyclic amines) is 1. The average molecular weight is 282 g/mol.